The Kier molecular flexibility index (Phi) is 0. The predicted molar refractivity (Wildman–Crippen MR) is 989 cm³/mol. The number of hydrogen-bond donors (Lipinski definition) is 0. The third-order valence-electron chi connectivity index (χ3n) is 0. The van der Waals surface area contributed by atoms with Crippen LogP contribution in [0.15, 0.2) is 0 Å². The molecule has 0 heteroatoms. The SMILES string of the molecule is C.C.C.C.C.C.C.C.C.C.C.C.C.C.C.C.C.C.C.C.C.C.C.C.C.C.C.C.C.C.C.C.C.C.C.C.C.C.C.C.C.C.C.C.C.C.C.C.C.C.C.C.C.C.C.C.C.C.C.C.C.C.C.C.C.C.C.C.C.C.C.C.C.C.C.C.C.C.C.C.C.C.C.C.C.C.C.C.C.C.C.C.C.C.C.C.C.C.C.C.C.C.C.C.C.C.C.C.C.C.C.C.C.C.C.C.C.C.C.C.C.C.C.C.C.C.C.C.C.C.C.C.C.C.C.C.C.C.C.C.C.C.C.C.C.C.C. The molecule has 0 aromatic carbocycles. The van der Waals surface area contributed by atoms with Crippen LogP contribution in [-0.4, -0.2) is 0 Å². The minimum absolute atomic E-state index is 0. The van der Waals surface area contributed by atoms with Crippen molar-refractivity contribution in [2.75, 3.05) is 0 Å². The van der Waals surface area contributed by atoms with E-state index in [9.17, 15) is 0 Å². The Labute approximate surface area is 1080 Å². The fourth-order valence-electron chi connectivity index (χ4n) is 0. The predicted octanol–water partition coefficient (Wildman–Crippen LogP) is 93.5. The van der Waals surface area contributed by atoms with Gasteiger partial charge in [-0.3, -0.25) is 0 Å². The lowest BCUT2D eigenvalue weighted by Gasteiger charge is -0.0786. The van der Waals surface area contributed by atoms with Gasteiger partial charge in [0.05, 0.1) is 0 Å². The summed E-state index contributed by atoms with van der Waals surface area (Å²) in [5.41, 5.74) is 0. The average Bonchev–Trinajstić information content (AvgIpc) is 0. The van der Waals surface area contributed by atoms with Crippen molar-refractivity contribution in [2.24, 2.45) is 0 Å². The van der Waals surface area contributed by atoms with Gasteiger partial charge in [-0.2, -0.15) is 0 Å². The molecule has 0 aliphatic rings. The molecule has 0 aromatic rings. The molecule has 0 amide bonds. The molecule has 147 heavy (non-hydrogen) atoms. The molecule has 0 bridgehead atoms. The second-order valence-corrected chi connectivity index (χ2v) is 0. The zero-order chi connectivity index (χ0) is 0. The fourth-order valence-corrected chi connectivity index (χ4v) is 0. The molecule has 1176 valence electrons. The summed E-state index contributed by atoms with van der Waals surface area (Å²) in [5, 5.41) is 0. The van der Waals surface area contributed by atoms with Crippen LogP contribution in [0.1, 0.15) is 1090 Å². The van der Waals surface area contributed by atoms with Crippen LogP contribution in [0.2, 0.25) is 0 Å². The highest BCUT2D eigenvalue weighted by Gasteiger charge is 0.0684. The van der Waals surface area contributed by atoms with Crippen LogP contribution in [0.4, 0.5) is 0 Å². The zero-order valence-electron chi connectivity index (χ0n) is 0. The third-order valence-corrected chi connectivity index (χ3v) is 0. The van der Waals surface area contributed by atoms with Crippen LogP contribution >= 0.6 is 0 Å². The van der Waals surface area contributed by atoms with E-state index in [1.807, 2.05) is 0 Å². The molecule has 0 radical (unpaired) electrons. The number of hydrogen-bond acceptors (Lipinski definition) is 0. The quantitative estimate of drug-likeness (QED) is 0.227. The Morgan fingerprint density at radius 2 is 0.00680 bits per heavy atom. The summed E-state index contributed by atoms with van der Waals surface area (Å²) >= 11 is 0. The van der Waals surface area contributed by atoms with Gasteiger partial charge in [0.2, 0.25) is 0 Å². The highest BCUT2D eigenvalue weighted by molar-refractivity contribution is 2.65. The second kappa shape index (κ2) is 0. The van der Waals surface area contributed by atoms with E-state index in [4.69, 9.17) is 0 Å². The maximum Gasteiger partial charge on any atom is -0.0776 e. The van der Waals surface area contributed by atoms with Gasteiger partial charge in [-0.05, 0) is 0 Å². The monoisotopic (exact) mass is 2360 g/mol. The summed E-state index contributed by atoms with van der Waals surface area (Å²) in [5.74, 6) is 0. The summed E-state index contributed by atoms with van der Waals surface area (Å²) in [4.78, 5) is 0. The van der Waals surface area contributed by atoms with Crippen molar-refractivity contribution in [3.63, 3.8) is 0 Å². The van der Waals surface area contributed by atoms with Crippen LogP contribution in [-0.2, 0) is 0 Å². The summed E-state index contributed by atoms with van der Waals surface area (Å²) in [6, 6.07) is 0. The first-order chi connectivity index (χ1) is 0. The lowest BCUT2D eigenvalue weighted by molar-refractivity contribution is 2.50. The molecule has 0 aliphatic heterocycles. The largest absolute Gasteiger partial charge is 0.0776 e. The maximum absolute atomic E-state index is 0. The molecule has 0 fully saturated rings. The minimum atomic E-state index is 0. The van der Waals surface area contributed by atoms with E-state index in [-0.39, 0.29) is 1090 Å². The van der Waals surface area contributed by atoms with Crippen molar-refractivity contribution in [3.05, 3.63) is 0 Å². The third kappa shape index (κ3) is 0. The maximum atomic E-state index is 0. The van der Waals surface area contributed by atoms with Crippen LogP contribution in [0.25, 0.3) is 0 Å². The molecular weight excluding hydrogens is 1770 g/mol. The summed E-state index contributed by atoms with van der Waals surface area (Å²) in [6.45, 7) is 0. The Morgan fingerprint density at radius 1 is 0.00680 bits per heavy atom. The van der Waals surface area contributed by atoms with E-state index in [1.54, 1.807) is 0 Å². The van der Waals surface area contributed by atoms with Gasteiger partial charge in [0.25, 0.3) is 0 Å². The molecule has 0 aromatic heterocycles. The first kappa shape index (κ1) is 0. The Morgan fingerprint density at radius 3 is 0.00680 bits per heavy atom. The van der Waals surface area contributed by atoms with Gasteiger partial charge in [-0.25, -0.2) is 0 Å². The molecule has 0 rings (SSSR count). The topological polar surface area (TPSA) is 0 Å². The van der Waals surface area contributed by atoms with E-state index in [2.05, 4.69) is 0 Å². The van der Waals surface area contributed by atoms with Crippen molar-refractivity contribution in [1.29, 1.82) is 0 Å². The van der Waals surface area contributed by atoms with E-state index < -0.39 is 0 Å². The van der Waals surface area contributed by atoms with Crippen molar-refractivity contribution >= 4 is 0 Å². The van der Waals surface area contributed by atoms with Crippen LogP contribution < -0.4 is 0 Å². The normalized spacial score (nSPS) is 0. The van der Waals surface area contributed by atoms with Gasteiger partial charge >= 0.3 is 0 Å². The van der Waals surface area contributed by atoms with Gasteiger partial charge in [0, 0.05) is 0 Å². The molecular formula is C147H588. The summed E-state index contributed by atoms with van der Waals surface area (Å²) in [7, 11) is 0. The lowest BCUT2D eigenvalue weighted by atomic mass is 12.0. The molecule has 0 heterocycles. The van der Waals surface area contributed by atoms with E-state index in [1.165, 1.54) is 0 Å². The van der Waals surface area contributed by atoms with Crippen molar-refractivity contribution < 1.29 is 0 Å². The first-order valence-electron chi connectivity index (χ1n) is 0. The van der Waals surface area contributed by atoms with Gasteiger partial charge in [-0.15, -0.1) is 0 Å². The van der Waals surface area contributed by atoms with Crippen LogP contribution in [0.5, 0.6) is 0 Å². The second-order valence-electron chi connectivity index (χ2n) is 0. The molecule has 0 saturated heterocycles. The van der Waals surface area contributed by atoms with E-state index >= 15 is 0 Å². The van der Waals surface area contributed by atoms with Gasteiger partial charge in [0.1, 0.15) is 0 Å². The minimum Gasteiger partial charge on any atom is -0.0776 e. The Balaban J connectivity index is 0. The van der Waals surface area contributed by atoms with Gasteiger partial charge in [0.15, 0.2) is 0 Å². The Hall–Kier alpha value is 0. The lowest BCUT2D eigenvalue weighted by Crippen LogP contribution is 0.143. The van der Waals surface area contributed by atoms with Crippen molar-refractivity contribution in [3.8, 4) is 0 Å². The van der Waals surface area contributed by atoms with Crippen LogP contribution in [0.3, 0.4) is 0 Å². The van der Waals surface area contributed by atoms with Gasteiger partial charge < -0.3 is 0 Å². The van der Waals surface area contributed by atoms with Crippen LogP contribution in [0, 0.1) is 0 Å². The molecule has 0 nitrogen and oxygen atoms in total. The Bertz CT molecular complexity index is 0. The fraction of sp³-hybridized carbons (Fsp3) is 1.00. The van der Waals surface area contributed by atoms with E-state index in [0.717, 1.165) is 0 Å². The summed E-state index contributed by atoms with van der Waals surface area (Å²) < 4.78 is 0. The standard InChI is InChI=1S/147CH4/h147*1H4. The van der Waals surface area contributed by atoms with Crippen molar-refractivity contribution in [2.45, 2.75) is 1090 Å². The zero-order valence-corrected chi connectivity index (χ0v) is 0. The van der Waals surface area contributed by atoms with Gasteiger partial charge in [-0.1, -0.05) is 1090 Å². The van der Waals surface area contributed by atoms with Crippen molar-refractivity contribution in [1.82, 2.24) is 0 Å². The highest BCUT2D eigenvalue weighted by Crippen LogP contribution is 0.290. The smallest absolute Gasteiger partial charge is 0.0776 e. The number of rotatable bonds is 0. The molecule has 0 N–H and O–H groups in total. The molecule has 0 saturated carbocycles. The molecule has 0 unspecified atom stereocenters. The summed E-state index contributed by atoms with van der Waals surface area (Å²) in [6.07, 6.45) is 0. The molecule has 0 aliphatic carbocycles. The first-order valence-corrected chi connectivity index (χ1v) is 0. The molecule has 0 atom stereocenters. The highest BCUT2D eigenvalue weighted by atomic mass is 12.2. The average molecular weight is 2360 g/mol. The molecule has 0 spiro atoms. The van der Waals surface area contributed by atoms with E-state index in [0.29, 0.717) is 0 Å².